The van der Waals surface area contributed by atoms with E-state index in [4.69, 9.17) is 9.47 Å². The van der Waals surface area contributed by atoms with Crippen LogP contribution in [0.5, 0.6) is 5.75 Å². The van der Waals surface area contributed by atoms with Gasteiger partial charge in [-0.3, -0.25) is 9.69 Å². The number of nitrogens with zero attached hydrogens (tertiary/aromatic N) is 1. The third-order valence-electron chi connectivity index (χ3n) is 2.37. The van der Waals surface area contributed by atoms with Gasteiger partial charge in [-0.25, -0.2) is 4.79 Å². The molecule has 0 aliphatic heterocycles. The van der Waals surface area contributed by atoms with Crippen molar-refractivity contribution in [1.29, 1.82) is 0 Å². The van der Waals surface area contributed by atoms with Crippen molar-refractivity contribution < 1.29 is 19.1 Å². The van der Waals surface area contributed by atoms with Crippen LogP contribution in [0.2, 0.25) is 0 Å². The summed E-state index contributed by atoms with van der Waals surface area (Å²) in [4.78, 5) is 24.6. The SMILES string of the molecule is CC(=O)Oc1ccccc1C(=O)OC(C)N(C)C. The molecule has 1 atom stereocenters. The summed E-state index contributed by atoms with van der Waals surface area (Å²) >= 11 is 0. The summed E-state index contributed by atoms with van der Waals surface area (Å²) in [5, 5.41) is 0. The largest absolute Gasteiger partial charge is 0.443 e. The van der Waals surface area contributed by atoms with Gasteiger partial charge < -0.3 is 9.47 Å². The van der Waals surface area contributed by atoms with Crippen LogP contribution in [0, 0.1) is 0 Å². The monoisotopic (exact) mass is 251 g/mol. The van der Waals surface area contributed by atoms with Crippen molar-refractivity contribution in [2.45, 2.75) is 20.1 Å². The molecule has 18 heavy (non-hydrogen) atoms. The van der Waals surface area contributed by atoms with E-state index in [1.165, 1.54) is 6.92 Å². The molecule has 5 nitrogen and oxygen atoms in total. The molecule has 0 saturated heterocycles. The highest BCUT2D eigenvalue weighted by Crippen LogP contribution is 2.19. The average Bonchev–Trinajstić information content (AvgIpc) is 2.28. The van der Waals surface area contributed by atoms with Gasteiger partial charge in [-0.1, -0.05) is 12.1 Å². The Morgan fingerprint density at radius 2 is 1.83 bits per heavy atom. The number of esters is 2. The zero-order chi connectivity index (χ0) is 13.7. The summed E-state index contributed by atoms with van der Waals surface area (Å²) in [7, 11) is 3.60. The van der Waals surface area contributed by atoms with Crippen molar-refractivity contribution in [2.24, 2.45) is 0 Å². The standard InChI is InChI=1S/C13H17NO4/c1-9(14(3)4)17-13(16)11-7-5-6-8-12(11)18-10(2)15/h5-9H,1-4H3. The number of ether oxygens (including phenoxy) is 2. The third-order valence-corrected chi connectivity index (χ3v) is 2.37. The molecule has 1 aromatic rings. The summed E-state index contributed by atoms with van der Waals surface area (Å²) in [6.45, 7) is 3.04. The van der Waals surface area contributed by atoms with Gasteiger partial charge in [-0.2, -0.15) is 0 Å². The minimum atomic E-state index is -0.520. The maximum atomic E-state index is 11.9. The molecule has 98 valence electrons. The lowest BCUT2D eigenvalue weighted by Gasteiger charge is -2.20. The Morgan fingerprint density at radius 1 is 1.22 bits per heavy atom. The second-order valence-electron chi connectivity index (χ2n) is 4.06. The summed E-state index contributed by atoms with van der Waals surface area (Å²) in [5.41, 5.74) is 0.237. The molecular weight excluding hydrogens is 234 g/mol. The van der Waals surface area contributed by atoms with Gasteiger partial charge in [-0.05, 0) is 33.2 Å². The lowest BCUT2D eigenvalue weighted by atomic mass is 10.2. The third kappa shape index (κ3) is 3.85. The molecule has 0 aliphatic rings. The van der Waals surface area contributed by atoms with Crippen molar-refractivity contribution in [3.05, 3.63) is 29.8 Å². The second kappa shape index (κ2) is 6.16. The molecule has 0 bridgehead atoms. The minimum absolute atomic E-state index is 0.209. The molecule has 0 spiro atoms. The fraction of sp³-hybridized carbons (Fsp3) is 0.385. The molecular formula is C13H17NO4. The van der Waals surface area contributed by atoms with Crippen LogP contribution in [0.3, 0.4) is 0 Å². The van der Waals surface area contributed by atoms with E-state index in [0.717, 1.165) is 0 Å². The molecule has 0 fully saturated rings. The van der Waals surface area contributed by atoms with Crippen LogP contribution in [0.4, 0.5) is 0 Å². The van der Waals surface area contributed by atoms with Crippen LogP contribution >= 0.6 is 0 Å². The van der Waals surface area contributed by atoms with Crippen molar-refractivity contribution in [1.82, 2.24) is 4.90 Å². The molecule has 0 aliphatic carbocycles. The van der Waals surface area contributed by atoms with E-state index < -0.39 is 11.9 Å². The fourth-order valence-electron chi connectivity index (χ4n) is 1.20. The van der Waals surface area contributed by atoms with E-state index in [-0.39, 0.29) is 17.5 Å². The van der Waals surface area contributed by atoms with E-state index in [1.807, 2.05) is 0 Å². The maximum absolute atomic E-state index is 11.9. The Labute approximate surface area is 106 Å². The highest BCUT2D eigenvalue weighted by atomic mass is 16.6. The molecule has 0 N–H and O–H groups in total. The Bertz CT molecular complexity index is 442. The number of para-hydroxylation sites is 1. The Hall–Kier alpha value is -1.88. The molecule has 1 rings (SSSR count). The average molecular weight is 251 g/mol. The fourth-order valence-corrected chi connectivity index (χ4v) is 1.20. The molecule has 5 heteroatoms. The lowest BCUT2D eigenvalue weighted by Crippen LogP contribution is -2.30. The molecule has 1 aromatic carbocycles. The number of hydrogen-bond acceptors (Lipinski definition) is 5. The van der Waals surface area contributed by atoms with Gasteiger partial charge in [0.2, 0.25) is 0 Å². The van der Waals surface area contributed by atoms with Crippen molar-refractivity contribution in [2.75, 3.05) is 14.1 Å². The first-order valence-electron chi connectivity index (χ1n) is 5.56. The van der Waals surface area contributed by atoms with Gasteiger partial charge in [0.15, 0.2) is 6.23 Å². The number of carbonyl (C=O) groups is 2. The van der Waals surface area contributed by atoms with Gasteiger partial charge in [-0.15, -0.1) is 0 Å². The highest BCUT2D eigenvalue weighted by molar-refractivity contribution is 5.93. The number of hydrogen-bond donors (Lipinski definition) is 0. The van der Waals surface area contributed by atoms with Crippen LogP contribution in [0.1, 0.15) is 24.2 Å². The van der Waals surface area contributed by atoms with Crippen LogP contribution < -0.4 is 4.74 Å². The van der Waals surface area contributed by atoms with Crippen molar-refractivity contribution in [3.63, 3.8) is 0 Å². The van der Waals surface area contributed by atoms with E-state index in [9.17, 15) is 9.59 Å². The van der Waals surface area contributed by atoms with Crippen molar-refractivity contribution >= 4 is 11.9 Å². The quantitative estimate of drug-likeness (QED) is 0.463. The second-order valence-corrected chi connectivity index (χ2v) is 4.06. The summed E-state index contributed by atoms with van der Waals surface area (Å²) in [5.74, 6) is -0.787. The first kappa shape index (κ1) is 14.2. The normalized spacial score (nSPS) is 12.1. The summed E-state index contributed by atoms with van der Waals surface area (Å²) < 4.78 is 10.2. The number of rotatable bonds is 4. The zero-order valence-electron chi connectivity index (χ0n) is 11.0. The predicted octanol–water partition coefficient (Wildman–Crippen LogP) is 1.68. The van der Waals surface area contributed by atoms with Crippen LogP contribution in [0.15, 0.2) is 24.3 Å². The first-order chi connectivity index (χ1) is 8.41. The smallest absolute Gasteiger partial charge is 0.343 e. The highest BCUT2D eigenvalue weighted by Gasteiger charge is 2.18. The predicted molar refractivity (Wildman–Crippen MR) is 66.3 cm³/mol. The molecule has 0 heterocycles. The van der Waals surface area contributed by atoms with Gasteiger partial charge in [0.05, 0.1) is 0 Å². The maximum Gasteiger partial charge on any atom is 0.343 e. The lowest BCUT2D eigenvalue weighted by molar-refractivity contribution is -0.131. The molecule has 0 saturated carbocycles. The molecule has 0 amide bonds. The summed E-state index contributed by atoms with van der Waals surface area (Å²) in [6.07, 6.45) is -0.358. The van der Waals surface area contributed by atoms with E-state index in [0.29, 0.717) is 0 Å². The van der Waals surface area contributed by atoms with Crippen LogP contribution in [-0.4, -0.2) is 37.2 Å². The van der Waals surface area contributed by atoms with Gasteiger partial charge >= 0.3 is 11.9 Å². The van der Waals surface area contributed by atoms with Gasteiger partial charge in [0.25, 0.3) is 0 Å². The van der Waals surface area contributed by atoms with Gasteiger partial charge in [0, 0.05) is 6.92 Å². The van der Waals surface area contributed by atoms with Crippen LogP contribution in [-0.2, 0) is 9.53 Å². The molecule has 1 unspecified atom stereocenters. The number of carbonyl (C=O) groups excluding carboxylic acids is 2. The van der Waals surface area contributed by atoms with Crippen molar-refractivity contribution in [3.8, 4) is 5.75 Å². The van der Waals surface area contributed by atoms with Crippen LogP contribution in [0.25, 0.3) is 0 Å². The number of benzene rings is 1. The Balaban J connectivity index is 2.88. The van der Waals surface area contributed by atoms with E-state index in [2.05, 4.69) is 0 Å². The molecule has 0 aromatic heterocycles. The summed E-state index contributed by atoms with van der Waals surface area (Å²) in [6, 6.07) is 6.48. The Morgan fingerprint density at radius 3 is 2.39 bits per heavy atom. The zero-order valence-corrected chi connectivity index (χ0v) is 11.0. The van der Waals surface area contributed by atoms with E-state index >= 15 is 0 Å². The Kier molecular flexibility index (Phi) is 4.85. The minimum Gasteiger partial charge on any atom is -0.443 e. The van der Waals surface area contributed by atoms with Gasteiger partial charge in [0.1, 0.15) is 11.3 Å². The molecule has 0 radical (unpaired) electrons. The topological polar surface area (TPSA) is 55.8 Å². The van der Waals surface area contributed by atoms with E-state index in [1.54, 1.807) is 50.2 Å². The first-order valence-corrected chi connectivity index (χ1v) is 5.56.